The molecular weight excluding hydrogens is 388 g/mol. The molecule has 0 aliphatic carbocycles. The molecule has 9 heteroatoms. The molecule has 1 aliphatic heterocycles. The fraction of sp³-hybridized carbons (Fsp3) is 0.238. The SMILES string of the molecule is CCOC(=O)c1ccn2c1CCc1cnc(Nc3ccc(C(=O)O)cc3OC)nc1-2. The number of hydrogen-bond acceptors (Lipinski definition) is 7. The van der Waals surface area contributed by atoms with Crippen molar-refractivity contribution in [2.75, 3.05) is 19.0 Å². The summed E-state index contributed by atoms with van der Waals surface area (Å²) >= 11 is 0. The van der Waals surface area contributed by atoms with Crippen LogP contribution in [0.3, 0.4) is 0 Å². The Morgan fingerprint density at radius 3 is 2.83 bits per heavy atom. The van der Waals surface area contributed by atoms with E-state index in [-0.39, 0.29) is 11.5 Å². The van der Waals surface area contributed by atoms with Crippen LogP contribution in [0.2, 0.25) is 0 Å². The summed E-state index contributed by atoms with van der Waals surface area (Å²) in [5, 5.41) is 12.2. The Morgan fingerprint density at radius 2 is 2.10 bits per heavy atom. The quantitative estimate of drug-likeness (QED) is 0.598. The van der Waals surface area contributed by atoms with Crippen LogP contribution in [0.25, 0.3) is 5.82 Å². The fourth-order valence-corrected chi connectivity index (χ4v) is 3.46. The second-order valence-corrected chi connectivity index (χ2v) is 6.65. The number of esters is 1. The fourth-order valence-electron chi connectivity index (χ4n) is 3.46. The van der Waals surface area contributed by atoms with Gasteiger partial charge in [-0.25, -0.2) is 14.6 Å². The highest BCUT2D eigenvalue weighted by Crippen LogP contribution is 2.30. The maximum absolute atomic E-state index is 12.2. The Morgan fingerprint density at radius 1 is 1.27 bits per heavy atom. The maximum Gasteiger partial charge on any atom is 0.339 e. The van der Waals surface area contributed by atoms with Crippen LogP contribution in [0, 0.1) is 0 Å². The minimum absolute atomic E-state index is 0.118. The predicted molar refractivity (Wildman–Crippen MR) is 108 cm³/mol. The highest BCUT2D eigenvalue weighted by Gasteiger charge is 2.24. The molecule has 0 saturated carbocycles. The summed E-state index contributed by atoms with van der Waals surface area (Å²) in [5.74, 6) is -0.00460. The first-order chi connectivity index (χ1) is 14.5. The van der Waals surface area contributed by atoms with Gasteiger partial charge in [0, 0.05) is 23.7 Å². The van der Waals surface area contributed by atoms with Crippen LogP contribution in [0.15, 0.2) is 36.7 Å². The third kappa shape index (κ3) is 3.45. The summed E-state index contributed by atoms with van der Waals surface area (Å²) in [6, 6.07) is 6.25. The lowest BCUT2D eigenvalue weighted by Crippen LogP contribution is -2.17. The molecule has 30 heavy (non-hydrogen) atoms. The first-order valence-corrected chi connectivity index (χ1v) is 9.43. The van der Waals surface area contributed by atoms with E-state index in [0.717, 1.165) is 11.3 Å². The summed E-state index contributed by atoms with van der Waals surface area (Å²) in [6.45, 7) is 2.09. The average Bonchev–Trinajstić information content (AvgIpc) is 3.19. The zero-order valence-corrected chi connectivity index (χ0v) is 16.5. The van der Waals surface area contributed by atoms with E-state index >= 15 is 0 Å². The molecule has 3 aromatic rings. The number of aromatic carboxylic acids is 1. The normalized spacial score (nSPS) is 11.9. The Hall–Kier alpha value is -3.88. The second kappa shape index (κ2) is 7.86. The molecule has 0 radical (unpaired) electrons. The number of anilines is 2. The van der Waals surface area contributed by atoms with Crippen molar-refractivity contribution in [3.05, 3.63) is 59.0 Å². The molecule has 0 bridgehead atoms. The predicted octanol–water partition coefficient (Wildman–Crippen LogP) is 2.99. The molecule has 154 valence electrons. The van der Waals surface area contributed by atoms with Gasteiger partial charge in [0.15, 0.2) is 0 Å². The van der Waals surface area contributed by atoms with Gasteiger partial charge in [0.1, 0.15) is 11.6 Å². The van der Waals surface area contributed by atoms with Gasteiger partial charge in [0.05, 0.1) is 30.5 Å². The van der Waals surface area contributed by atoms with Gasteiger partial charge in [-0.1, -0.05) is 0 Å². The van der Waals surface area contributed by atoms with Gasteiger partial charge < -0.3 is 24.5 Å². The number of ether oxygens (including phenoxy) is 2. The molecule has 0 unspecified atom stereocenters. The van der Waals surface area contributed by atoms with E-state index in [1.165, 1.54) is 19.2 Å². The van der Waals surface area contributed by atoms with Crippen LogP contribution in [0.4, 0.5) is 11.6 Å². The van der Waals surface area contributed by atoms with Crippen molar-refractivity contribution >= 4 is 23.6 Å². The number of aromatic nitrogens is 3. The van der Waals surface area contributed by atoms with Gasteiger partial charge >= 0.3 is 11.9 Å². The van der Waals surface area contributed by atoms with Gasteiger partial charge in [-0.15, -0.1) is 0 Å². The smallest absolute Gasteiger partial charge is 0.339 e. The van der Waals surface area contributed by atoms with E-state index in [4.69, 9.17) is 14.6 Å². The number of carboxylic acid groups (broad SMARTS) is 1. The Labute approximate surface area is 172 Å². The van der Waals surface area contributed by atoms with Crippen LogP contribution in [0.5, 0.6) is 5.75 Å². The van der Waals surface area contributed by atoms with E-state index in [0.29, 0.717) is 48.2 Å². The molecule has 3 heterocycles. The van der Waals surface area contributed by atoms with Crippen molar-refractivity contribution in [2.24, 2.45) is 0 Å². The summed E-state index contributed by atoms with van der Waals surface area (Å²) in [5.41, 5.74) is 3.02. The molecule has 9 nitrogen and oxygen atoms in total. The minimum atomic E-state index is -1.04. The van der Waals surface area contributed by atoms with E-state index in [1.807, 2.05) is 4.57 Å². The van der Waals surface area contributed by atoms with Crippen molar-refractivity contribution in [1.29, 1.82) is 0 Å². The number of carbonyl (C=O) groups excluding carboxylic acids is 1. The van der Waals surface area contributed by atoms with Crippen LogP contribution in [-0.2, 0) is 17.6 Å². The Balaban J connectivity index is 1.67. The van der Waals surface area contributed by atoms with E-state index in [2.05, 4.69) is 15.3 Å². The summed E-state index contributed by atoms with van der Waals surface area (Å²) < 4.78 is 12.3. The highest BCUT2D eigenvalue weighted by atomic mass is 16.5. The largest absolute Gasteiger partial charge is 0.495 e. The molecule has 1 aromatic carbocycles. The van der Waals surface area contributed by atoms with Gasteiger partial charge in [0.25, 0.3) is 0 Å². The standard InChI is InChI=1S/C21H20N4O5/c1-3-30-20(28)14-8-9-25-16(14)7-5-13-11-22-21(24-18(13)25)23-15-6-4-12(19(26)27)10-17(15)29-2/h4,6,8-11H,3,5,7H2,1-2H3,(H,26,27)(H,22,23,24). The lowest BCUT2D eigenvalue weighted by atomic mass is 10.0. The number of rotatable bonds is 6. The number of methoxy groups -OCH3 is 1. The van der Waals surface area contributed by atoms with Crippen LogP contribution >= 0.6 is 0 Å². The van der Waals surface area contributed by atoms with E-state index in [9.17, 15) is 9.59 Å². The van der Waals surface area contributed by atoms with Crippen molar-refractivity contribution in [3.8, 4) is 11.6 Å². The summed E-state index contributed by atoms with van der Waals surface area (Å²) in [4.78, 5) is 32.4. The summed E-state index contributed by atoms with van der Waals surface area (Å²) in [6.07, 6.45) is 4.95. The minimum Gasteiger partial charge on any atom is -0.495 e. The lowest BCUT2D eigenvalue weighted by molar-refractivity contribution is 0.0524. The molecule has 2 N–H and O–H groups in total. The Bertz CT molecular complexity index is 1140. The number of nitrogens with zero attached hydrogens (tertiary/aromatic N) is 3. The molecule has 0 spiro atoms. The number of carboxylic acids is 1. The first kappa shape index (κ1) is 19.4. The van der Waals surface area contributed by atoms with Crippen molar-refractivity contribution in [1.82, 2.24) is 14.5 Å². The van der Waals surface area contributed by atoms with Crippen LogP contribution in [0.1, 0.15) is 38.9 Å². The van der Waals surface area contributed by atoms with E-state index in [1.54, 1.807) is 31.5 Å². The number of fused-ring (bicyclic) bond motifs is 3. The molecule has 2 aromatic heterocycles. The van der Waals surface area contributed by atoms with E-state index < -0.39 is 5.97 Å². The number of carbonyl (C=O) groups is 2. The van der Waals surface area contributed by atoms with Crippen LogP contribution < -0.4 is 10.1 Å². The van der Waals surface area contributed by atoms with Gasteiger partial charge in [-0.3, -0.25) is 0 Å². The molecule has 0 atom stereocenters. The third-order valence-electron chi connectivity index (χ3n) is 4.88. The van der Waals surface area contributed by atoms with Crippen molar-refractivity contribution in [3.63, 3.8) is 0 Å². The average molecular weight is 408 g/mol. The Kier molecular flexibility index (Phi) is 5.09. The van der Waals surface area contributed by atoms with Crippen molar-refractivity contribution in [2.45, 2.75) is 19.8 Å². The number of hydrogen-bond donors (Lipinski definition) is 2. The molecular formula is C21H20N4O5. The zero-order chi connectivity index (χ0) is 21.3. The molecule has 0 saturated heterocycles. The molecule has 4 rings (SSSR count). The molecule has 1 aliphatic rings. The molecule has 0 fully saturated rings. The highest BCUT2D eigenvalue weighted by molar-refractivity contribution is 5.91. The van der Waals surface area contributed by atoms with Gasteiger partial charge in [0.2, 0.25) is 5.95 Å². The maximum atomic E-state index is 12.2. The zero-order valence-electron chi connectivity index (χ0n) is 16.5. The number of aryl methyl sites for hydroxylation is 1. The van der Waals surface area contributed by atoms with Crippen molar-refractivity contribution < 1.29 is 24.2 Å². The third-order valence-corrected chi connectivity index (χ3v) is 4.88. The van der Waals surface area contributed by atoms with Crippen LogP contribution in [-0.4, -0.2) is 45.3 Å². The second-order valence-electron chi connectivity index (χ2n) is 6.65. The topological polar surface area (TPSA) is 116 Å². The monoisotopic (exact) mass is 408 g/mol. The van der Waals surface area contributed by atoms with Gasteiger partial charge in [-0.05, 0) is 44.0 Å². The molecule has 0 amide bonds. The number of nitrogens with one attached hydrogen (secondary N) is 1. The first-order valence-electron chi connectivity index (χ1n) is 9.43. The van der Waals surface area contributed by atoms with Gasteiger partial charge in [-0.2, -0.15) is 4.98 Å². The summed E-state index contributed by atoms with van der Waals surface area (Å²) in [7, 11) is 1.46. The lowest BCUT2D eigenvalue weighted by Gasteiger charge is -2.20. The number of benzene rings is 1.